The number of carbonyl (C=O) groups is 1. The van der Waals surface area contributed by atoms with E-state index in [1.54, 1.807) is 19.1 Å². The molecule has 0 saturated carbocycles. The highest BCUT2D eigenvalue weighted by molar-refractivity contribution is 6.74. The summed E-state index contributed by atoms with van der Waals surface area (Å²) < 4.78 is 59.3. The van der Waals surface area contributed by atoms with Gasteiger partial charge in [0.1, 0.15) is 6.10 Å². The quantitative estimate of drug-likeness (QED) is 0.192. The number of methoxy groups -OCH3 is 1. The van der Waals surface area contributed by atoms with Crippen LogP contribution in [0.2, 0.25) is 18.1 Å². The van der Waals surface area contributed by atoms with Crippen LogP contribution in [0.1, 0.15) is 53.5 Å². The molecular formula is C26H39F3O4Si. The van der Waals surface area contributed by atoms with E-state index in [4.69, 9.17) is 13.9 Å². The molecule has 0 aliphatic carbocycles. The maximum atomic E-state index is 14.3. The molecule has 0 saturated heterocycles. The molecule has 1 rings (SSSR count). The van der Waals surface area contributed by atoms with E-state index in [9.17, 15) is 18.0 Å². The normalized spacial score (nSPS) is 15.9. The van der Waals surface area contributed by atoms with Crippen LogP contribution in [0.25, 0.3) is 0 Å². The third-order valence-corrected chi connectivity index (χ3v) is 10.8. The van der Waals surface area contributed by atoms with Gasteiger partial charge in [0.15, 0.2) is 8.32 Å². The Morgan fingerprint density at radius 3 is 2.03 bits per heavy atom. The number of ether oxygens (including phenoxy) is 2. The van der Waals surface area contributed by atoms with E-state index in [1.807, 2.05) is 19.9 Å². The lowest BCUT2D eigenvalue weighted by atomic mass is 9.92. The minimum Gasteiger partial charge on any atom is -0.455 e. The molecular weight excluding hydrogens is 461 g/mol. The van der Waals surface area contributed by atoms with Crippen molar-refractivity contribution >= 4 is 14.3 Å². The van der Waals surface area contributed by atoms with Crippen molar-refractivity contribution in [3.63, 3.8) is 0 Å². The van der Waals surface area contributed by atoms with E-state index in [1.165, 1.54) is 24.3 Å². The maximum absolute atomic E-state index is 14.3. The molecule has 0 unspecified atom stereocenters. The first kappa shape index (κ1) is 30.1. The second-order valence-electron chi connectivity index (χ2n) is 10.2. The van der Waals surface area contributed by atoms with Gasteiger partial charge in [-0.1, -0.05) is 68.8 Å². The zero-order chi connectivity index (χ0) is 26.4. The number of allylic oxidation sites excluding steroid dienone is 1. The van der Waals surface area contributed by atoms with Crippen molar-refractivity contribution in [3.05, 3.63) is 59.2 Å². The molecule has 192 valence electrons. The molecule has 0 fully saturated rings. The van der Waals surface area contributed by atoms with Crippen molar-refractivity contribution in [2.24, 2.45) is 0 Å². The fourth-order valence-electron chi connectivity index (χ4n) is 3.00. The van der Waals surface area contributed by atoms with Gasteiger partial charge in [-0.2, -0.15) is 13.2 Å². The first-order valence-corrected chi connectivity index (χ1v) is 14.2. The second kappa shape index (κ2) is 11.7. The van der Waals surface area contributed by atoms with E-state index >= 15 is 0 Å². The molecule has 0 aliphatic heterocycles. The van der Waals surface area contributed by atoms with Crippen molar-refractivity contribution in [1.82, 2.24) is 0 Å². The molecule has 1 aromatic rings. The Hall–Kier alpha value is -1.90. The summed E-state index contributed by atoms with van der Waals surface area (Å²) in [6.07, 6.45) is -2.07. The van der Waals surface area contributed by atoms with Crippen LogP contribution in [-0.2, 0) is 24.3 Å². The zero-order valence-corrected chi connectivity index (χ0v) is 22.8. The number of carbonyl (C=O) groups excluding carboxylic acids is 1. The monoisotopic (exact) mass is 500 g/mol. The van der Waals surface area contributed by atoms with Crippen molar-refractivity contribution < 1.29 is 31.9 Å². The first-order chi connectivity index (χ1) is 15.5. The maximum Gasteiger partial charge on any atom is 0.432 e. The standard InChI is InChI=1S/C26H39F3O4Si/c1-19(2)15-16-22(20(3)17-18-32-34(8,9)24(4,5)6)33-23(30)25(31-7,26(27,28)29)21-13-11-10-12-14-21/h10-15,17,22H,16,18H2,1-9H3/b20-17+/t22-,25-/m0/s1. The van der Waals surface area contributed by atoms with E-state index in [2.05, 4.69) is 33.9 Å². The number of hydrogen-bond acceptors (Lipinski definition) is 4. The average Bonchev–Trinajstić information content (AvgIpc) is 2.70. The van der Waals surface area contributed by atoms with Crippen molar-refractivity contribution in [2.45, 2.75) is 84.0 Å². The van der Waals surface area contributed by atoms with Crippen molar-refractivity contribution in [1.29, 1.82) is 0 Å². The number of halogens is 3. The molecule has 0 N–H and O–H groups in total. The van der Waals surface area contributed by atoms with E-state index < -0.39 is 32.2 Å². The number of alkyl halides is 3. The summed E-state index contributed by atoms with van der Waals surface area (Å²) in [7, 11) is -1.15. The third-order valence-electron chi connectivity index (χ3n) is 6.33. The molecule has 2 atom stereocenters. The van der Waals surface area contributed by atoms with Crippen LogP contribution in [0.5, 0.6) is 0 Å². The van der Waals surface area contributed by atoms with Crippen LogP contribution in [0.4, 0.5) is 13.2 Å². The second-order valence-corrected chi connectivity index (χ2v) is 15.0. The summed E-state index contributed by atoms with van der Waals surface area (Å²) in [4.78, 5) is 13.1. The molecule has 0 aliphatic rings. The molecule has 1 aromatic carbocycles. The zero-order valence-electron chi connectivity index (χ0n) is 21.8. The van der Waals surface area contributed by atoms with Gasteiger partial charge in [0.25, 0.3) is 5.60 Å². The molecule has 0 aromatic heterocycles. The van der Waals surface area contributed by atoms with Crippen LogP contribution in [0.3, 0.4) is 0 Å². The summed E-state index contributed by atoms with van der Waals surface area (Å²) in [5.41, 5.74) is -1.98. The van der Waals surface area contributed by atoms with E-state index in [0.29, 0.717) is 12.2 Å². The molecule has 8 heteroatoms. The minimum absolute atomic E-state index is 0.0170. The minimum atomic E-state index is -5.02. The molecule has 0 bridgehead atoms. The average molecular weight is 501 g/mol. The number of benzene rings is 1. The van der Waals surface area contributed by atoms with Gasteiger partial charge in [-0.05, 0) is 44.5 Å². The third kappa shape index (κ3) is 7.30. The summed E-state index contributed by atoms with van der Waals surface area (Å²) in [5.74, 6) is -1.50. The predicted molar refractivity (Wildman–Crippen MR) is 132 cm³/mol. The molecule has 0 heterocycles. The lowest BCUT2D eigenvalue weighted by molar-refractivity contribution is -0.277. The summed E-state index contributed by atoms with van der Waals surface area (Å²) in [5, 5.41) is 0.0170. The number of esters is 1. The van der Waals surface area contributed by atoms with Gasteiger partial charge in [0.05, 0.1) is 6.61 Å². The number of rotatable bonds is 10. The topological polar surface area (TPSA) is 44.8 Å². The lowest BCUT2D eigenvalue weighted by Crippen LogP contribution is -2.52. The van der Waals surface area contributed by atoms with Gasteiger partial charge in [0.2, 0.25) is 0 Å². The Morgan fingerprint density at radius 1 is 1.03 bits per heavy atom. The number of hydrogen-bond donors (Lipinski definition) is 0. The molecule has 0 radical (unpaired) electrons. The van der Waals surface area contributed by atoms with E-state index in [0.717, 1.165) is 12.7 Å². The molecule has 0 spiro atoms. The molecule has 4 nitrogen and oxygen atoms in total. The van der Waals surface area contributed by atoms with Crippen LogP contribution in [0.15, 0.2) is 53.6 Å². The summed E-state index contributed by atoms with van der Waals surface area (Å²) in [6, 6.07) is 6.83. The van der Waals surface area contributed by atoms with Crippen LogP contribution in [0, 0.1) is 0 Å². The Bertz CT molecular complexity index is 866. The Morgan fingerprint density at radius 2 is 1.59 bits per heavy atom. The largest absolute Gasteiger partial charge is 0.455 e. The van der Waals surface area contributed by atoms with Crippen LogP contribution >= 0.6 is 0 Å². The Labute approximate surface area is 203 Å². The summed E-state index contributed by atoms with van der Waals surface area (Å²) in [6.45, 7) is 16.4. The van der Waals surface area contributed by atoms with Gasteiger partial charge < -0.3 is 13.9 Å². The predicted octanol–water partition coefficient (Wildman–Crippen LogP) is 7.33. The fourth-order valence-corrected chi connectivity index (χ4v) is 3.93. The smallest absolute Gasteiger partial charge is 0.432 e. The van der Waals surface area contributed by atoms with Gasteiger partial charge in [0, 0.05) is 19.1 Å². The highest BCUT2D eigenvalue weighted by Crippen LogP contribution is 2.43. The van der Waals surface area contributed by atoms with Gasteiger partial charge >= 0.3 is 12.1 Å². The molecule has 0 amide bonds. The highest BCUT2D eigenvalue weighted by atomic mass is 28.4. The van der Waals surface area contributed by atoms with Crippen LogP contribution in [-0.4, -0.2) is 40.3 Å². The van der Waals surface area contributed by atoms with Crippen molar-refractivity contribution in [3.8, 4) is 0 Å². The fraction of sp³-hybridized carbons (Fsp3) is 0.577. The highest BCUT2D eigenvalue weighted by Gasteiger charge is 2.64. The van der Waals surface area contributed by atoms with Gasteiger partial charge in [-0.25, -0.2) is 4.79 Å². The molecule has 34 heavy (non-hydrogen) atoms. The van der Waals surface area contributed by atoms with Crippen molar-refractivity contribution in [2.75, 3.05) is 13.7 Å². The van der Waals surface area contributed by atoms with Crippen LogP contribution < -0.4 is 0 Å². The SMILES string of the molecule is CO[C@](C(=O)O[C@@H](CC=C(C)C)/C(C)=C/CO[Si](C)(C)C(C)(C)C)(c1ccccc1)C(F)(F)F. The Balaban J connectivity index is 3.29. The first-order valence-electron chi connectivity index (χ1n) is 11.3. The van der Waals surface area contributed by atoms with Gasteiger partial charge in [-0.3, -0.25) is 0 Å². The lowest BCUT2D eigenvalue weighted by Gasteiger charge is -2.36. The summed E-state index contributed by atoms with van der Waals surface area (Å²) >= 11 is 0. The Kier molecular flexibility index (Phi) is 10.4. The van der Waals surface area contributed by atoms with Gasteiger partial charge in [-0.15, -0.1) is 0 Å². The van der Waals surface area contributed by atoms with E-state index in [-0.39, 0.29) is 17.0 Å².